The van der Waals surface area contributed by atoms with Crippen molar-refractivity contribution in [1.82, 2.24) is 9.78 Å². The van der Waals surface area contributed by atoms with Crippen LogP contribution in [-0.4, -0.2) is 9.78 Å². The van der Waals surface area contributed by atoms with Gasteiger partial charge in [0.05, 0.1) is 16.3 Å². The molecule has 2 aromatic carbocycles. The summed E-state index contributed by atoms with van der Waals surface area (Å²) in [5.74, 6) is -0.320. The van der Waals surface area contributed by atoms with E-state index >= 15 is 0 Å². The van der Waals surface area contributed by atoms with Crippen LogP contribution in [0.5, 0.6) is 0 Å². The highest BCUT2D eigenvalue weighted by Gasteiger charge is 2.04. The monoisotopic (exact) mass is 314 g/mol. The van der Waals surface area contributed by atoms with E-state index in [0.717, 1.165) is 5.56 Å². The maximum atomic E-state index is 12.9. The summed E-state index contributed by atoms with van der Waals surface area (Å²) in [7, 11) is 0. The molecule has 0 spiro atoms. The van der Waals surface area contributed by atoms with Crippen molar-refractivity contribution >= 4 is 24.3 Å². The molecule has 0 saturated heterocycles. The Labute approximate surface area is 130 Å². The summed E-state index contributed by atoms with van der Waals surface area (Å²) in [6.45, 7) is 3.85. The van der Waals surface area contributed by atoms with Crippen LogP contribution in [0, 0.1) is 5.82 Å². The van der Waals surface area contributed by atoms with Crippen molar-refractivity contribution in [1.29, 1.82) is 0 Å². The van der Waals surface area contributed by atoms with E-state index in [9.17, 15) is 9.18 Å². The maximum Gasteiger partial charge on any atom is 0.279 e. The molecular weight excluding hydrogens is 303 g/mol. The lowest BCUT2D eigenvalue weighted by molar-refractivity contribution is 0.628. The Morgan fingerprint density at radius 3 is 2.36 bits per heavy atom. The Kier molecular flexibility index (Phi) is 3.69. The molecule has 3 nitrogen and oxygen atoms in total. The molecule has 0 unspecified atom stereocenters. The van der Waals surface area contributed by atoms with Crippen molar-refractivity contribution in [3.05, 3.63) is 85.9 Å². The first kappa shape index (κ1) is 14.4. The summed E-state index contributed by atoms with van der Waals surface area (Å²) < 4.78 is 14.3. The molecule has 0 fully saturated rings. The second-order valence-electron chi connectivity index (χ2n) is 4.82. The van der Waals surface area contributed by atoms with Gasteiger partial charge in [0.2, 0.25) is 0 Å². The van der Waals surface area contributed by atoms with Gasteiger partial charge >= 0.3 is 0 Å². The lowest BCUT2D eigenvalue weighted by Crippen LogP contribution is -2.33. The van der Waals surface area contributed by atoms with Crippen LogP contribution in [0.1, 0.15) is 5.56 Å². The molecular formula is C17H12ClFN2O. The number of benzene rings is 2. The van der Waals surface area contributed by atoms with Crippen molar-refractivity contribution in [2.45, 2.75) is 0 Å². The minimum absolute atomic E-state index is 0.225. The maximum absolute atomic E-state index is 12.9. The number of hydrogen-bond acceptors (Lipinski definition) is 1. The molecule has 0 amide bonds. The lowest BCUT2D eigenvalue weighted by Gasteiger charge is -2.00. The Balaban J connectivity index is 2.15. The first-order valence-corrected chi connectivity index (χ1v) is 6.95. The van der Waals surface area contributed by atoms with Gasteiger partial charge in [-0.2, -0.15) is 0 Å². The highest BCUT2D eigenvalue weighted by molar-refractivity contribution is 6.30. The molecule has 0 aliphatic rings. The summed E-state index contributed by atoms with van der Waals surface area (Å²) in [5, 5.41) is 4.44. The predicted molar refractivity (Wildman–Crippen MR) is 86.1 cm³/mol. The number of nitrogens with one attached hydrogen (secondary N) is 1. The summed E-state index contributed by atoms with van der Waals surface area (Å²) in [6.07, 6.45) is 1.67. The van der Waals surface area contributed by atoms with Gasteiger partial charge in [-0.25, -0.2) is 9.07 Å². The van der Waals surface area contributed by atoms with Gasteiger partial charge in [0, 0.05) is 5.02 Å². The third-order valence-corrected chi connectivity index (χ3v) is 3.52. The number of H-pyrrole nitrogens is 1. The van der Waals surface area contributed by atoms with Crippen LogP contribution in [0.25, 0.3) is 18.3 Å². The van der Waals surface area contributed by atoms with Crippen molar-refractivity contribution in [3.8, 4) is 5.69 Å². The zero-order chi connectivity index (χ0) is 15.7. The standard InChI is InChI=1S/C17H12ClFN2O/c1-11-16(10-12-2-6-14(19)7-3-12)17(22)21(20-11)15-8-4-13(18)5-9-15/h2-10,20H,1H2. The molecule has 0 radical (unpaired) electrons. The average Bonchev–Trinajstić information content (AvgIpc) is 2.78. The topological polar surface area (TPSA) is 37.8 Å². The minimum atomic E-state index is -0.320. The van der Waals surface area contributed by atoms with E-state index < -0.39 is 0 Å². The first-order valence-electron chi connectivity index (χ1n) is 6.58. The van der Waals surface area contributed by atoms with Gasteiger partial charge < -0.3 is 0 Å². The number of hydrogen-bond donors (Lipinski definition) is 1. The van der Waals surface area contributed by atoms with E-state index in [0.29, 0.717) is 21.3 Å². The number of aromatic nitrogens is 2. The predicted octanol–water partition coefficient (Wildman–Crippen LogP) is 2.20. The van der Waals surface area contributed by atoms with Gasteiger partial charge in [0.15, 0.2) is 0 Å². The zero-order valence-corrected chi connectivity index (χ0v) is 12.3. The molecule has 3 aromatic rings. The van der Waals surface area contributed by atoms with Crippen LogP contribution in [0.4, 0.5) is 4.39 Å². The smallest absolute Gasteiger partial charge is 0.279 e. The molecule has 0 bridgehead atoms. The van der Waals surface area contributed by atoms with Crippen molar-refractivity contribution < 1.29 is 4.39 Å². The highest BCUT2D eigenvalue weighted by atomic mass is 35.5. The fourth-order valence-corrected chi connectivity index (χ4v) is 2.27. The van der Waals surface area contributed by atoms with Crippen LogP contribution in [-0.2, 0) is 0 Å². The van der Waals surface area contributed by atoms with Gasteiger partial charge in [-0.1, -0.05) is 30.3 Å². The van der Waals surface area contributed by atoms with Gasteiger partial charge in [-0.05, 0) is 48.0 Å². The van der Waals surface area contributed by atoms with Gasteiger partial charge in [0.25, 0.3) is 5.56 Å². The summed E-state index contributed by atoms with van der Waals surface area (Å²) in [4.78, 5) is 12.5. The lowest BCUT2D eigenvalue weighted by atomic mass is 10.2. The van der Waals surface area contributed by atoms with Gasteiger partial charge in [0.1, 0.15) is 5.82 Å². The molecule has 1 N–H and O–H groups in total. The second-order valence-corrected chi connectivity index (χ2v) is 5.25. The van der Waals surface area contributed by atoms with Crippen LogP contribution in [0.2, 0.25) is 5.02 Å². The number of nitrogens with zero attached hydrogens (tertiary/aromatic N) is 1. The van der Waals surface area contributed by atoms with Crippen LogP contribution in [0.15, 0.2) is 53.3 Å². The summed E-state index contributed by atoms with van der Waals surface area (Å²) >= 11 is 5.85. The minimum Gasteiger partial charge on any atom is -0.291 e. The molecule has 0 atom stereocenters. The van der Waals surface area contributed by atoms with Gasteiger partial charge in [-0.15, -0.1) is 0 Å². The zero-order valence-electron chi connectivity index (χ0n) is 11.5. The third kappa shape index (κ3) is 2.73. The van der Waals surface area contributed by atoms with E-state index in [1.807, 2.05) is 0 Å². The van der Waals surface area contributed by atoms with E-state index in [-0.39, 0.29) is 11.4 Å². The largest absolute Gasteiger partial charge is 0.291 e. The van der Waals surface area contributed by atoms with Crippen LogP contribution >= 0.6 is 11.6 Å². The molecule has 1 aromatic heterocycles. The fourth-order valence-electron chi connectivity index (χ4n) is 2.14. The van der Waals surface area contributed by atoms with E-state index in [2.05, 4.69) is 11.7 Å². The van der Waals surface area contributed by atoms with Crippen LogP contribution < -0.4 is 16.1 Å². The fraction of sp³-hybridized carbons (Fsp3) is 0. The van der Waals surface area contributed by atoms with E-state index in [4.69, 9.17) is 11.6 Å². The Bertz CT molecular complexity index is 969. The van der Waals surface area contributed by atoms with E-state index in [1.165, 1.54) is 16.8 Å². The second kappa shape index (κ2) is 5.66. The average molecular weight is 315 g/mol. The number of rotatable bonds is 2. The number of aromatic amines is 1. The van der Waals surface area contributed by atoms with Crippen LogP contribution in [0.3, 0.4) is 0 Å². The summed E-state index contributed by atoms with van der Waals surface area (Å²) in [6, 6.07) is 12.8. The Morgan fingerprint density at radius 2 is 1.73 bits per heavy atom. The molecule has 0 aliphatic carbocycles. The molecule has 1 heterocycles. The quantitative estimate of drug-likeness (QED) is 0.773. The van der Waals surface area contributed by atoms with E-state index in [1.54, 1.807) is 42.5 Å². The highest BCUT2D eigenvalue weighted by Crippen LogP contribution is 2.10. The molecule has 5 heteroatoms. The third-order valence-electron chi connectivity index (χ3n) is 3.27. The SMILES string of the molecule is C=c1[nH]n(-c2ccc(Cl)cc2)c(=O)c1=Cc1ccc(F)cc1. The first-order chi connectivity index (χ1) is 10.5. The molecule has 0 saturated carbocycles. The molecule has 110 valence electrons. The van der Waals surface area contributed by atoms with Crippen molar-refractivity contribution in [2.24, 2.45) is 0 Å². The molecule has 3 rings (SSSR count). The Morgan fingerprint density at radius 1 is 1.09 bits per heavy atom. The summed E-state index contributed by atoms with van der Waals surface area (Å²) in [5.41, 5.74) is 1.17. The normalized spacial score (nSPS) is 11.8. The number of halogens is 2. The van der Waals surface area contributed by atoms with Crippen molar-refractivity contribution in [2.75, 3.05) is 0 Å². The Hall–Kier alpha value is -2.59. The molecule has 0 aliphatic heterocycles. The van der Waals surface area contributed by atoms with Gasteiger partial charge in [-0.3, -0.25) is 9.89 Å². The van der Waals surface area contributed by atoms with Crippen molar-refractivity contribution in [3.63, 3.8) is 0 Å². The molecule has 22 heavy (non-hydrogen) atoms.